The highest BCUT2D eigenvalue weighted by atomic mass is 32.2. The minimum absolute atomic E-state index is 0.0160. The summed E-state index contributed by atoms with van der Waals surface area (Å²) in [4.78, 5) is 25.7. The molecular weight excluding hydrogens is 435 g/mol. The van der Waals surface area contributed by atoms with Gasteiger partial charge in [0.2, 0.25) is 10.0 Å². The average Bonchev–Trinajstić information content (AvgIpc) is 2.98. The number of carbonyl (C=O) groups excluding carboxylic acids is 1. The molecule has 170 valence electrons. The fourth-order valence-corrected chi connectivity index (χ4v) is 4.93. The Kier molecular flexibility index (Phi) is 6.65. The third-order valence-corrected chi connectivity index (χ3v) is 7.36. The number of sulfonamides is 1. The van der Waals surface area contributed by atoms with E-state index in [0.717, 1.165) is 18.2 Å². The molecule has 3 rings (SSSR count). The van der Waals surface area contributed by atoms with E-state index in [1.54, 1.807) is 56.8 Å². The van der Waals surface area contributed by atoms with Crippen LogP contribution in [0.5, 0.6) is 0 Å². The maximum Gasteiger partial charge on any atom is 0.295 e. The van der Waals surface area contributed by atoms with E-state index in [9.17, 15) is 22.4 Å². The lowest BCUT2D eigenvalue weighted by molar-refractivity contribution is 0.102. The summed E-state index contributed by atoms with van der Waals surface area (Å²) in [6.45, 7) is 5.50. The Hall–Kier alpha value is -3.24. The van der Waals surface area contributed by atoms with Gasteiger partial charge in [-0.25, -0.2) is 17.5 Å². The van der Waals surface area contributed by atoms with E-state index in [4.69, 9.17) is 0 Å². The standard InChI is InChI=1S/C22H25FN4O4S/c1-5-26(6-2)32(30,31)17-12-13-19(23)18(14-17)21(28)24-20-15(3)25(4)27(22(20)29)16-10-8-7-9-11-16/h7-14H,5-6H2,1-4H3,(H,24,28). The molecule has 0 saturated heterocycles. The van der Waals surface area contributed by atoms with Crippen molar-refractivity contribution >= 4 is 21.6 Å². The highest BCUT2D eigenvalue weighted by molar-refractivity contribution is 7.89. The third kappa shape index (κ3) is 4.11. The Labute approximate surface area is 185 Å². The topological polar surface area (TPSA) is 93.4 Å². The number of carbonyl (C=O) groups is 1. The van der Waals surface area contributed by atoms with E-state index >= 15 is 0 Å². The van der Waals surface area contributed by atoms with Crippen LogP contribution in [0.1, 0.15) is 29.9 Å². The van der Waals surface area contributed by atoms with Gasteiger partial charge in [0, 0.05) is 20.1 Å². The third-order valence-electron chi connectivity index (χ3n) is 5.32. The van der Waals surface area contributed by atoms with Gasteiger partial charge in [-0.1, -0.05) is 32.0 Å². The smallest absolute Gasteiger partial charge is 0.295 e. The van der Waals surface area contributed by atoms with Crippen LogP contribution < -0.4 is 10.9 Å². The van der Waals surface area contributed by atoms with Gasteiger partial charge >= 0.3 is 0 Å². The van der Waals surface area contributed by atoms with Crippen LogP contribution in [0.2, 0.25) is 0 Å². The van der Waals surface area contributed by atoms with Gasteiger partial charge in [0.15, 0.2) is 0 Å². The summed E-state index contributed by atoms with van der Waals surface area (Å²) < 4.78 is 44.2. The molecule has 0 bridgehead atoms. The van der Waals surface area contributed by atoms with E-state index in [1.807, 2.05) is 6.07 Å². The quantitative estimate of drug-likeness (QED) is 0.587. The molecule has 1 N–H and O–H groups in total. The normalized spacial score (nSPS) is 11.7. The molecule has 0 fully saturated rings. The number of aromatic nitrogens is 2. The lowest BCUT2D eigenvalue weighted by Gasteiger charge is -2.18. The molecular formula is C22H25FN4O4S. The number of rotatable bonds is 7. The van der Waals surface area contributed by atoms with Crippen molar-refractivity contribution in [2.75, 3.05) is 18.4 Å². The summed E-state index contributed by atoms with van der Waals surface area (Å²) >= 11 is 0. The van der Waals surface area contributed by atoms with E-state index in [0.29, 0.717) is 11.4 Å². The van der Waals surface area contributed by atoms with Crippen LogP contribution in [-0.2, 0) is 17.1 Å². The van der Waals surface area contributed by atoms with E-state index < -0.39 is 32.9 Å². The first kappa shape index (κ1) is 23.4. The van der Waals surface area contributed by atoms with Crippen LogP contribution in [-0.4, -0.2) is 41.1 Å². The maximum atomic E-state index is 14.5. The Morgan fingerprint density at radius 2 is 1.72 bits per heavy atom. The molecule has 2 aromatic carbocycles. The van der Waals surface area contributed by atoms with Crippen molar-refractivity contribution in [2.45, 2.75) is 25.7 Å². The molecule has 0 atom stereocenters. The van der Waals surface area contributed by atoms with Crippen LogP contribution >= 0.6 is 0 Å². The number of hydrogen-bond donors (Lipinski definition) is 1. The lowest BCUT2D eigenvalue weighted by Crippen LogP contribution is -2.31. The van der Waals surface area contributed by atoms with Gasteiger partial charge in [-0.3, -0.25) is 14.3 Å². The zero-order valence-corrected chi connectivity index (χ0v) is 19.1. The van der Waals surface area contributed by atoms with Gasteiger partial charge < -0.3 is 5.32 Å². The van der Waals surface area contributed by atoms with Crippen LogP contribution in [0.25, 0.3) is 5.69 Å². The maximum absolute atomic E-state index is 14.5. The van der Waals surface area contributed by atoms with Crippen LogP contribution in [0.15, 0.2) is 58.2 Å². The molecule has 1 aromatic heterocycles. The van der Waals surface area contributed by atoms with Crippen LogP contribution in [0, 0.1) is 12.7 Å². The molecule has 10 heteroatoms. The highest BCUT2D eigenvalue weighted by Crippen LogP contribution is 2.21. The van der Waals surface area contributed by atoms with Gasteiger partial charge in [0.05, 0.1) is 21.8 Å². The molecule has 0 unspecified atom stereocenters. The number of halogens is 1. The molecule has 0 aliphatic carbocycles. The second-order valence-corrected chi connectivity index (χ2v) is 9.06. The summed E-state index contributed by atoms with van der Waals surface area (Å²) in [5.74, 6) is -1.80. The molecule has 8 nitrogen and oxygen atoms in total. The summed E-state index contributed by atoms with van der Waals surface area (Å²) in [6, 6.07) is 11.9. The molecule has 1 heterocycles. The summed E-state index contributed by atoms with van der Waals surface area (Å²) in [7, 11) is -2.22. The van der Waals surface area contributed by atoms with E-state index in [-0.39, 0.29) is 23.7 Å². The zero-order valence-electron chi connectivity index (χ0n) is 18.3. The number of nitrogens with zero attached hydrogens (tertiary/aromatic N) is 3. The molecule has 0 aliphatic heterocycles. The Bertz CT molecular complexity index is 1310. The molecule has 3 aromatic rings. The van der Waals surface area contributed by atoms with E-state index in [2.05, 4.69) is 5.32 Å². The first-order valence-corrected chi connectivity index (χ1v) is 11.5. The Balaban J connectivity index is 2.01. The SMILES string of the molecule is CCN(CC)S(=O)(=O)c1ccc(F)c(C(=O)Nc2c(C)n(C)n(-c3ccccc3)c2=O)c1. The van der Waals surface area contributed by atoms with Crippen molar-refractivity contribution in [2.24, 2.45) is 7.05 Å². The number of para-hydroxylation sites is 1. The van der Waals surface area contributed by atoms with E-state index in [1.165, 1.54) is 8.99 Å². The van der Waals surface area contributed by atoms with Crippen LogP contribution in [0.3, 0.4) is 0 Å². The predicted molar refractivity (Wildman–Crippen MR) is 120 cm³/mol. The summed E-state index contributed by atoms with van der Waals surface area (Å²) in [6.07, 6.45) is 0. The minimum Gasteiger partial charge on any atom is -0.316 e. The number of anilines is 1. The average molecular weight is 461 g/mol. The van der Waals surface area contributed by atoms with Crippen molar-refractivity contribution in [3.63, 3.8) is 0 Å². The van der Waals surface area contributed by atoms with Gasteiger partial charge in [-0.05, 0) is 37.3 Å². The molecule has 0 aliphatic rings. The summed E-state index contributed by atoms with van der Waals surface area (Å²) in [5.41, 5.74) is 0.0865. The second-order valence-electron chi connectivity index (χ2n) is 7.12. The molecule has 1 amide bonds. The molecule has 0 saturated carbocycles. The first-order valence-electron chi connectivity index (χ1n) is 10.1. The lowest BCUT2D eigenvalue weighted by atomic mass is 10.2. The van der Waals surface area contributed by atoms with Gasteiger partial charge in [0.25, 0.3) is 11.5 Å². The van der Waals surface area contributed by atoms with Gasteiger partial charge in [0.1, 0.15) is 11.5 Å². The molecule has 32 heavy (non-hydrogen) atoms. The Morgan fingerprint density at radius 3 is 2.31 bits per heavy atom. The molecule has 0 spiro atoms. The minimum atomic E-state index is -3.89. The fraction of sp³-hybridized carbons (Fsp3) is 0.273. The van der Waals surface area contributed by atoms with Gasteiger partial charge in [-0.15, -0.1) is 0 Å². The van der Waals surface area contributed by atoms with Crippen molar-refractivity contribution in [3.8, 4) is 5.69 Å². The molecule has 0 radical (unpaired) electrons. The largest absolute Gasteiger partial charge is 0.316 e. The zero-order chi connectivity index (χ0) is 23.6. The van der Waals surface area contributed by atoms with Crippen LogP contribution in [0.4, 0.5) is 10.1 Å². The van der Waals surface area contributed by atoms with Crippen molar-refractivity contribution in [3.05, 3.63) is 76.0 Å². The second kappa shape index (κ2) is 9.09. The number of nitrogens with one attached hydrogen (secondary N) is 1. The monoisotopic (exact) mass is 460 g/mol. The first-order chi connectivity index (χ1) is 15.1. The van der Waals surface area contributed by atoms with Crippen molar-refractivity contribution in [1.29, 1.82) is 0 Å². The highest BCUT2D eigenvalue weighted by Gasteiger charge is 2.25. The predicted octanol–water partition coefficient (Wildman–Crippen LogP) is 2.91. The fourth-order valence-electron chi connectivity index (χ4n) is 3.44. The number of benzene rings is 2. The number of amides is 1. The summed E-state index contributed by atoms with van der Waals surface area (Å²) in [5, 5.41) is 2.46. The number of hydrogen-bond acceptors (Lipinski definition) is 4. The van der Waals surface area contributed by atoms with Gasteiger partial charge in [-0.2, -0.15) is 4.31 Å². The Morgan fingerprint density at radius 1 is 1.09 bits per heavy atom. The van der Waals surface area contributed by atoms with Crippen molar-refractivity contribution < 1.29 is 17.6 Å². The van der Waals surface area contributed by atoms with Crippen molar-refractivity contribution in [1.82, 2.24) is 13.7 Å².